The summed E-state index contributed by atoms with van der Waals surface area (Å²) in [4.78, 5) is 3.92. The van der Waals surface area contributed by atoms with Gasteiger partial charge in [0.25, 0.3) is 0 Å². The second-order valence-corrected chi connectivity index (χ2v) is 5.68. The molecular weight excluding hydrogens is 317 g/mol. The van der Waals surface area contributed by atoms with Gasteiger partial charge in [-0.05, 0) is 18.2 Å². The predicted octanol–water partition coefficient (Wildman–Crippen LogP) is 3.78. The lowest BCUT2D eigenvalue weighted by Gasteiger charge is -2.09. The van der Waals surface area contributed by atoms with Crippen molar-refractivity contribution in [2.75, 3.05) is 0 Å². The normalized spacial score (nSPS) is 12.8. The predicted molar refractivity (Wildman–Crippen MR) is 65.3 cm³/mol. The average molecular weight is 323 g/mol. The van der Waals surface area contributed by atoms with Crippen LogP contribution in [0.4, 0.5) is 4.39 Å². The van der Waals surface area contributed by atoms with Crippen LogP contribution in [0.5, 0.6) is 0 Å². The summed E-state index contributed by atoms with van der Waals surface area (Å²) in [5.74, 6) is -0.470. The van der Waals surface area contributed by atoms with E-state index in [0.717, 1.165) is 11.3 Å². The maximum absolute atomic E-state index is 13.5. The van der Waals surface area contributed by atoms with Crippen molar-refractivity contribution in [3.8, 4) is 0 Å². The number of benzene rings is 1. The van der Waals surface area contributed by atoms with Crippen LogP contribution in [0, 0.1) is 5.82 Å². The molecular formula is C10H6BrClFNOS. The lowest BCUT2D eigenvalue weighted by molar-refractivity contribution is 0.214. The van der Waals surface area contributed by atoms with Gasteiger partial charge in [-0.1, -0.05) is 27.5 Å². The first-order valence-electron chi connectivity index (χ1n) is 4.32. The van der Waals surface area contributed by atoms with Gasteiger partial charge in [-0.3, -0.25) is 0 Å². The molecule has 1 aromatic heterocycles. The molecule has 0 aliphatic carbocycles. The summed E-state index contributed by atoms with van der Waals surface area (Å²) in [6.07, 6.45) is 0.343. The fraction of sp³-hybridized carbons (Fsp3) is 0.100. The molecule has 0 saturated heterocycles. The number of thiazole rings is 1. The number of aliphatic hydroxyl groups excluding tert-OH is 1. The van der Waals surface area contributed by atoms with Crippen LogP contribution in [0.25, 0.3) is 0 Å². The Labute approximate surface area is 109 Å². The second-order valence-electron chi connectivity index (χ2n) is 3.07. The molecule has 0 aliphatic rings. The standard InChI is InChI=1S/C10H6BrClFNOS/c11-5-1-2-7(13)6(3-5)9(15)10-14-4-8(12)16-10/h1-4,9,15H. The first-order chi connectivity index (χ1) is 7.58. The van der Waals surface area contributed by atoms with E-state index in [1.807, 2.05) is 0 Å². The minimum Gasteiger partial charge on any atom is -0.381 e. The van der Waals surface area contributed by atoms with Gasteiger partial charge in [-0.15, -0.1) is 11.3 Å². The molecule has 84 valence electrons. The molecule has 0 fully saturated rings. The maximum atomic E-state index is 13.5. The fourth-order valence-electron chi connectivity index (χ4n) is 1.25. The van der Waals surface area contributed by atoms with E-state index >= 15 is 0 Å². The van der Waals surface area contributed by atoms with Crippen LogP contribution >= 0.6 is 38.9 Å². The van der Waals surface area contributed by atoms with Gasteiger partial charge in [0.1, 0.15) is 21.3 Å². The van der Waals surface area contributed by atoms with E-state index < -0.39 is 11.9 Å². The Morgan fingerprint density at radius 1 is 1.50 bits per heavy atom. The largest absolute Gasteiger partial charge is 0.381 e. The molecule has 1 heterocycles. The van der Waals surface area contributed by atoms with E-state index in [2.05, 4.69) is 20.9 Å². The van der Waals surface area contributed by atoms with Crippen molar-refractivity contribution in [3.05, 3.63) is 49.6 Å². The van der Waals surface area contributed by atoms with Crippen LogP contribution in [0.3, 0.4) is 0 Å². The van der Waals surface area contributed by atoms with Gasteiger partial charge in [0.15, 0.2) is 0 Å². The van der Waals surface area contributed by atoms with Gasteiger partial charge in [0.05, 0.1) is 6.20 Å². The highest BCUT2D eigenvalue weighted by Gasteiger charge is 2.18. The van der Waals surface area contributed by atoms with Crippen molar-refractivity contribution in [3.63, 3.8) is 0 Å². The Morgan fingerprint density at radius 2 is 2.25 bits per heavy atom. The van der Waals surface area contributed by atoms with Crippen LogP contribution in [0.1, 0.15) is 16.7 Å². The van der Waals surface area contributed by atoms with Crippen LogP contribution < -0.4 is 0 Å². The Bertz CT molecular complexity index is 519. The molecule has 2 rings (SSSR count). The van der Waals surface area contributed by atoms with Gasteiger partial charge in [0.2, 0.25) is 0 Å². The molecule has 1 unspecified atom stereocenters. The van der Waals surface area contributed by atoms with Gasteiger partial charge < -0.3 is 5.11 Å². The summed E-state index contributed by atoms with van der Waals surface area (Å²) >= 11 is 10.1. The molecule has 0 aliphatic heterocycles. The lowest BCUT2D eigenvalue weighted by Crippen LogP contribution is -2.01. The molecule has 0 bridgehead atoms. The molecule has 0 radical (unpaired) electrons. The molecule has 1 aromatic carbocycles. The van der Waals surface area contributed by atoms with Gasteiger partial charge in [0, 0.05) is 10.0 Å². The zero-order valence-corrected chi connectivity index (χ0v) is 11.0. The summed E-state index contributed by atoms with van der Waals surface area (Å²) in [5.41, 5.74) is 0.181. The van der Waals surface area contributed by atoms with Gasteiger partial charge >= 0.3 is 0 Å². The van der Waals surface area contributed by atoms with E-state index in [1.54, 1.807) is 6.07 Å². The molecule has 1 N–H and O–H groups in total. The topological polar surface area (TPSA) is 33.1 Å². The number of aliphatic hydroxyl groups is 1. The van der Waals surface area contributed by atoms with Crippen molar-refractivity contribution in [2.45, 2.75) is 6.10 Å². The number of halogens is 3. The number of hydrogen-bond acceptors (Lipinski definition) is 3. The van der Waals surface area contributed by atoms with Crippen molar-refractivity contribution in [1.82, 2.24) is 4.98 Å². The molecule has 1 atom stereocenters. The highest BCUT2D eigenvalue weighted by molar-refractivity contribution is 9.10. The van der Waals surface area contributed by atoms with Crippen LogP contribution in [-0.2, 0) is 0 Å². The zero-order valence-electron chi connectivity index (χ0n) is 7.82. The first kappa shape index (κ1) is 12.0. The third-order valence-corrected chi connectivity index (χ3v) is 3.64. The van der Waals surface area contributed by atoms with E-state index in [1.165, 1.54) is 18.3 Å². The van der Waals surface area contributed by atoms with E-state index in [9.17, 15) is 9.50 Å². The third kappa shape index (κ3) is 2.43. The number of aromatic nitrogens is 1. The Hall–Kier alpha value is -0.490. The van der Waals surface area contributed by atoms with Crippen LogP contribution in [-0.4, -0.2) is 10.1 Å². The average Bonchev–Trinajstić information content (AvgIpc) is 2.67. The maximum Gasteiger partial charge on any atom is 0.133 e. The first-order valence-corrected chi connectivity index (χ1v) is 6.31. The number of hydrogen-bond donors (Lipinski definition) is 1. The molecule has 2 aromatic rings. The highest BCUT2D eigenvalue weighted by Crippen LogP contribution is 2.31. The van der Waals surface area contributed by atoms with Crippen molar-refractivity contribution >= 4 is 38.9 Å². The minimum atomic E-state index is -1.09. The molecule has 0 spiro atoms. The summed E-state index contributed by atoms with van der Waals surface area (Å²) in [6, 6.07) is 4.38. The highest BCUT2D eigenvalue weighted by atomic mass is 79.9. The smallest absolute Gasteiger partial charge is 0.133 e. The Balaban J connectivity index is 2.40. The van der Waals surface area contributed by atoms with Crippen molar-refractivity contribution < 1.29 is 9.50 Å². The monoisotopic (exact) mass is 321 g/mol. The summed E-state index contributed by atoms with van der Waals surface area (Å²) in [7, 11) is 0. The van der Waals surface area contributed by atoms with Gasteiger partial charge in [-0.25, -0.2) is 9.37 Å². The van der Waals surface area contributed by atoms with Crippen LogP contribution in [0.15, 0.2) is 28.9 Å². The molecule has 2 nitrogen and oxygen atoms in total. The summed E-state index contributed by atoms with van der Waals surface area (Å²) < 4.78 is 14.6. The summed E-state index contributed by atoms with van der Waals surface area (Å²) in [6.45, 7) is 0. The number of rotatable bonds is 2. The zero-order chi connectivity index (χ0) is 11.7. The number of nitrogens with zero attached hydrogens (tertiary/aromatic N) is 1. The lowest BCUT2D eigenvalue weighted by atomic mass is 10.1. The quantitative estimate of drug-likeness (QED) is 0.913. The summed E-state index contributed by atoms with van der Waals surface area (Å²) in [5, 5.41) is 10.3. The Morgan fingerprint density at radius 3 is 2.88 bits per heavy atom. The third-order valence-electron chi connectivity index (χ3n) is 1.98. The Kier molecular flexibility index (Phi) is 3.59. The van der Waals surface area contributed by atoms with E-state index in [4.69, 9.17) is 11.6 Å². The fourth-order valence-corrected chi connectivity index (χ4v) is 2.56. The minimum absolute atomic E-state index is 0.181. The van der Waals surface area contributed by atoms with Crippen LogP contribution in [0.2, 0.25) is 4.34 Å². The molecule has 16 heavy (non-hydrogen) atoms. The molecule has 6 heteroatoms. The van der Waals surface area contributed by atoms with Crippen molar-refractivity contribution in [2.24, 2.45) is 0 Å². The SMILES string of the molecule is OC(c1ncc(Cl)s1)c1cc(Br)ccc1F. The van der Waals surface area contributed by atoms with Crippen molar-refractivity contribution in [1.29, 1.82) is 0 Å². The molecule has 0 amide bonds. The second kappa shape index (κ2) is 4.79. The van der Waals surface area contributed by atoms with E-state index in [0.29, 0.717) is 13.8 Å². The van der Waals surface area contributed by atoms with Gasteiger partial charge in [-0.2, -0.15) is 0 Å². The van der Waals surface area contributed by atoms with E-state index in [-0.39, 0.29) is 5.56 Å². The molecule has 0 saturated carbocycles.